The van der Waals surface area contributed by atoms with Crippen molar-refractivity contribution in [1.82, 2.24) is 0 Å². The van der Waals surface area contributed by atoms with Crippen molar-refractivity contribution in [1.29, 1.82) is 0 Å². The summed E-state index contributed by atoms with van der Waals surface area (Å²) in [4.78, 5) is 38.1. The molecule has 0 saturated carbocycles. The maximum absolute atomic E-state index is 12.6. The summed E-state index contributed by atoms with van der Waals surface area (Å²) in [6, 6.07) is 12.7. The van der Waals surface area contributed by atoms with E-state index in [-0.39, 0.29) is 24.1 Å². The van der Waals surface area contributed by atoms with E-state index in [9.17, 15) is 14.4 Å². The molecule has 0 aromatic heterocycles. The number of aryl methyl sites for hydroxylation is 1. The van der Waals surface area contributed by atoms with Gasteiger partial charge in [0.25, 0.3) is 0 Å². The molecule has 1 heterocycles. The number of hydrogen-bond donors (Lipinski definition) is 2. The predicted octanol–water partition coefficient (Wildman–Crippen LogP) is 4.10. The number of hydrogen-bond acceptors (Lipinski definition) is 3. The molecular weight excluding hydrogens is 422 g/mol. The predicted molar refractivity (Wildman–Crippen MR) is 113 cm³/mol. The van der Waals surface area contributed by atoms with Gasteiger partial charge in [0.15, 0.2) is 0 Å². The van der Waals surface area contributed by atoms with Gasteiger partial charge in [-0.2, -0.15) is 0 Å². The van der Waals surface area contributed by atoms with Crippen LogP contribution < -0.4 is 15.5 Å². The van der Waals surface area contributed by atoms with Crippen LogP contribution in [0.4, 0.5) is 17.1 Å². The number of nitrogens with zero attached hydrogens (tertiary/aromatic N) is 1. The molecule has 1 fully saturated rings. The topological polar surface area (TPSA) is 78.5 Å². The number of benzene rings is 2. The van der Waals surface area contributed by atoms with E-state index in [0.29, 0.717) is 24.3 Å². The van der Waals surface area contributed by atoms with Gasteiger partial charge in [0.2, 0.25) is 17.7 Å². The van der Waals surface area contributed by atoms with Crippen LogP contribution in [0.2, 0.25) is 0 Å². The van der Waals surface area contributed by atoms with E-state index in [1.54, 1.807) is 36.1 Å². The van der Waals surface area contributed by atoms with Gasteiger partial charge < -0.3 is 15.5 Å². The fourth-order valence-corrected chi connectivity index (χ4v) is 3.31. The molecule has 2 N–H and O–H groups in total. The van der Waals surface area contributed by atoms with Crippen molar-refractivity contribution in [3.8, 4) is 0 Å². The van der Waals surface area contributed by atoms with E-state index in [2.05, 4.69) is 26.6 Å². The number of carbonyl (C=O) groups is 3. The third kappa shape index (κ3) is 4.59. The van der Waals surface area contributed by atoms with E-state index < -0.39 is 5.92 Å². The summed E-state index contributed by atoms with van der Waals surface area (Å²) >= 11 is 3.46. The Morgan fingerprint density at radius 2 is 1.75 bits per heavy atom. The van der Waals surface area contributed by atoms with Gasteiger partial charge in [0.05, 0.1) is 5.92 Å². The Hall–Kier alpha value is -2.67. The quantitative estimate of drug-likeness (QED) is 0.729. The van der Waals surface area contributed by atoms with Crippen LogP contribution >= 0.6 is 15.9 Å². The van der Waals surface area contributed by atoms with Gasteiger partial charge in [0, 0.05) is 40.9 Å². The molecule has 6 nitrogen and oxygen atoms in total. The first-order valence-electron chi connectivity index (χ1n) is 9.14. The zero-order chi connectivity index (χ0) is 20.3. The van der Waals surface area contributed by atoms with E-state index in [1.165, 1.54) is 0 Å². The van der Waals surface area contributed by atoms with Gasteiger partial charge in [-0.1, -0.05) is 22.9 Å². The third-order valence-corrected chi connectivity index (χ3v) is 5.60. The largest absolute Gasteiger partial charge is 0.326 e. The summed E-state index contributed by atoms with van der Waals surface area (Å²) in [5, 5.41) is 5.61. The summed E-state index contributed by atoms with van der Waals surface area (Å²) < 4.78 is 0.982. The molecule has 1 aliphatic rings. The first-order chi connectivity index (χ1) is 13.4. The molecule has 2 aromatic carbocycles. The minimum atomic E-state index is -0.407. The Balaban J connectivity index is 1.63. The second-order valence-corrected chi connectivity index (χ2v) is 7.66. The number of rotatable bonds is 5. The van der Waals surface area contributed by atoms with Crippen LogP contribution in [0.25, 0.3) is 0 Å². The molecule has 146 valence electrons. The lowest BCUT2D eigenvalue weighted by Gasteiger charge is -2.18. The maximum Gasteiger partial charge on any atom is 0.229 e. The van der Waals surface area contributed by atoms with Crippen LogP contribution in [0.1, 0.15) is 25.3 Å². The van der Waals surface area contributed by atoms with Crippen molar-refractivity contribution < 1.29 is 14.4 Å². The average Bonchev–Trinajstić information content (AvgIpc) is 3.07. The zero-order valence-electron chi connectivity index (χ0n) is 15.8. The van der Waals surface area contributed by atoms with Crippen molar-refractivity contribution in [2.45, 2.75) is 26.7 Å². The zero-order valence-corrected chi connectivity index (χ0v) is 17.4. The molecular formula is C21H22BrN3O3. The van der Waals surface area contributed by atoms with Crippen molar-refractivity contribution in [2.75, 3.05) is 22.1 Å². The molecule has 1 saturated heterocycles. The number of carbonyl (C=O) groups excluding carboxylic acids is 3. The molecule has 7 heteroatoms. The van der Waals surface area contributed by atoms with Crippen molar-refractivity contribution in [3.05, 3.63) is 52.5 Å². The number of nitrogens with one attached hydrogen (secondary N) is 2. The SMILES string of the molecule is CCC(=O)Nc1ccc(NC(=O)C2CC(=O)N(c3ccc(Br)c(C)c3)C2)cc1. The average molecular weight is 444 g/mol. The third-order valence-electron chi connectivity index (χ3n) is 4.71. The van der Waals surface area contributed by atoms with Gasteiger partial charge in [0.1, 0.15) is 0 Å². The Morgan fingerprint density at radius 1 is 1.11 bits per heavy atom. The molecule has 1 aliphatic heterocycles. The highest BCUT2D eigenvalue weighted by molar-refractivity contribution is 9.10. The van der Waals surface area contributed by atoms with Crippen molar-refractivity contribution in [3.63, 3.8) is 0 Å². The Bertz CT molecular complexity index is 912. The lowest BCUT2D eigenvalue weighted by Crippen LogP contribution is -2.28. The Morgan fingerprint density at radius 3 is 2.36 bits per heavy atom. The smallest absolute Gasteiger partial charge is 0.229 e. The van der Waals surface area contributed by atoms with Gasteiger partial charge in [-0.15, -0.1) is 0 Å². The van der Waals surface area contributed by atoms with Crippen molar-refractivity contribution in [2.24, 2.45) is 5.92 Å². The number of anilines is 3. The van der Waals surface area contributed by atoms with E-state index >= 15 is 0 Å². The summed E-state index contributed by atoms with van der Waals surface area (Å²) in [6.45, 7) is 4.10. The molecule has 1 unspecified atom stereocenters. The summed E-state index contributed by atoms with van der Waals surface area (Å²) in [5.74, 6) is -0.713. The first-order valence-corrected chi connectivity index (χ1v) is 9.94. The molecule has 3 amide bonds. The van der Waals surface area contributed by atoms with Crippen LogP contribution in [0, 0.1) is 12.8 Å². The molecule has 0 radical (unpaired) electrons. The van der Waals surface area contributed by atoms with Gasteiger partial charge in [-0.3, -0.25) is 14.4 Å². The normalized spacial score (nSPS) is 16.2. The number of halogens is 1. The highest BCUT2D eigenvalue weighted by Crippen LogP contribution is 2.29. The lowest BCUT2D eigenvalue weighted by molar-refractivity contribution is -0.122. The van der Waals surface area contributed by atoms with Gasteiger partial charge >= 0.3 is 0 Å². The molecule has 0 bridgehead atoms. The fourth-order valence-electron chi connectivity index (χ4n) is 3.06. The molecule has 0 spiro atoms. The van der Waals surface area contributed by atoms with Crippen LogP contribution in [0.5, 0.6) is 0 Å². The van der Waals surface area contributed by atoms with Crippen LogP contribution in [0.15, 0.2) is 46.9 Å². The lowest BCUT2D eigenvalue weighted by atomic mass is 10.1. The van der Waals surface area contributed by atoms with E-state index in [0.717, 1.165) is 15.7 Å². The van der Waals surface area contributed by atoms with Crippen LogP contribution in [-0.4, -0.2) is 24.3 Å². The summed E-state index contributed by atoms with van der Waals surface area (Å²) in [6.07, 6.45) is 0.591. The Labute approximate surface area is 172 Å². The van der Waals surface area contributed by atoms with Gasteiger partial charge in [-0.05, 0) is 55.0 Å². The fraction of sp³-hybridized carbons (Fsp3) is 0.286. The minimum absolute atomic E-state index is 0.0560. The highest BCUT2D eigenvalue weighted by atomic mass is 79.9. The molecule has 2 aromatic rings. The Kier molecular flexibility index (Phi) is 6.14. The first kappa shape index (κ1) is 20.1. The van der Waals surface area contributed by atoms with Crippen LogP contribution in [0.3, 0.4) is 0 Å². The van der Waals surface area contributed by atoms with E-state index in [4.69, 9.17) is 0 Å². The summed E-state index contributed by atoms with van der Waals surface area (Å²) in [7, 11) is 0. The maximum atomic E-state index is 12.6. The second kappa shape index (κ2) is 8.56. The standard InChI is InChI=1S/C21H22BrN3O3/c1-3-19(26)23-15-4-6-16(7-5-15)24-21(28)14-11-20(27)25(12-14)17-8-9-18(22)13(2)10-17/h4-10,14H,3,11-12H2,1-2H3,(H,23,26)(H,24,28). The highest BCUT2D eigenvalue weighted by Gasteiger charge is 2.35. The monoisotopic (exact) mass is 443 g/mol. The molecule has 28 heavy (non-hydrogen) atoms. The summed E-state index contributed by atoms with van der Waals surface area (Å²) in [5.41, 5.74) is 3.15. The van der Waals surface area contributed by atoms with Crippen LogP contribution in [-0.2, 0) is 14.4 Å². The molecule has 3 rings (SSSR count). The second-order valence-electron chi connectivity index (χ2n) is 6.81. The van der Waals surface area contributed by atoms with Crippen molar-refractivity contribution >= 4 is 50.7 Å². The number of amides is 3. The minimum Gasteiger partial charge on any atom is -0.326 e. The van der Waals surface area contributed by atoms with E-state index in [1.807, 2.05) is 25.1 Å². The van der Waals surface area contributed by atoms with Gasteiger partial charge in [-0.25, -0.2) is 0 Å². The molecule has 1 atom stereocenters. The molecule has 0 aliphatic carbocycles.